The van der Waals surface area contributed by atoms with Gasteiger partial charge in [0.15, 0.2) is 0 Å². The maximum Gasteiger partial charge on any atom is 0.0643 e. The first kappa shape index (κ1) is 8.72. The van der Waals surface area contributed by atoms with Crippen LogP contribution >= 0.6 is 0 Å². The lowest BCUT2D eigenvalue weighted by atomic mass is 10.2. The van der Waals surface area contributed by atoms with Crippen LogP contribution in [0.2, 0.25) is 0 Å². The number of nitrogens with one attached hydrogen (secondary N) is 1. The largest absolute Gasteiger partial charge is 0.378 e. The maximum atomic E-state index is 5.06. The fraction of sp³-hybridized carbons (Fsp3) is 0.667. The van der Waals surface area contributed by atoms with Gasteiger partial charge in [-0.3, -0.25) is 4.68 Å². The minimum atomic E-state index is 0.595. The van der Waals surface area contributed by atoms with Crippen LogP contribution < -0.4 is 5.32 Å². The van der Waals surface area contributed by atoms with Crippen molar-refractivity contribution in [3.05, 3.63) is 18.5 Å². The van der Waals surface area contributed by atoms with E-state index >= 15 is 0 Å². The molecule has 1 aromatic rings. The Balaban J connectivity index is 1.53. The molecular formula is C9H15N3O. The number of hydrogen-bond acceptors (Lipinski definition) is 3. The van der Waals surface area contributed by atoms with Gasteiger partial charge < -0.3 is 10.1 Å². The van der Waals surface area contributed by atoms with Gasteiger partial charge in [-0.15, -0.1) is 0 Å². The number of nitrogens with zero attached hydrogens (tertiary/aromatic N) is 2. The highest BCUT2D eigenvalue weighted by atomic mass is 16.5. The molecule has 0 saturated carbocycles. The molecule has 2 heterocycles. The summed E-state index contributed by atoms with van der Waals surface area (Å²) in [5, 5.41) is 7.55. The molecule has 0 atom stereocenters. The Kier molecular flexibility index (Phi) is 2.94. The van der Waals surface area contributed by atoms with Gasteiger partial charge in [0.25, 0.3) is 0 Å². The molecule has 1 aliphatic heterocycles. The first-order valence-corrected chi connectivity index (χ1v) is 4.74. The van der Waals surface area contributed by atoms with Crippen LogP contribution in [0.15, 0.2) is 18.5 Å². The number of aromatic nitrogens is 2. The van der Waals surface area contributed by atoms with Crippen molar-refractivity contribution >= 4 is 0 Å². The Morgan fingerprint density at radius 2 is 2.46 bits per heavy atom. The molecule has 1 aliphatic rings. The number of hydrogen-bond donors (Lipinski definition) is 1. The fourth-order valence-electron chi connectivity index (χ4n) is 1.33. The zero-order valence-electron chi connectivity index (χ0n) is 7.65. The van der Waals surface area contributed by atoms with E-state index in [0.717, 1.165) is 32.7 Å². The summed E-state index contributed by atoms with van der Waals surface area (Å²) in [6.45, 7) is 3.80. The summed E-state index contributed by atoms with van der Waals surface area (Å²) in [6, 6.07) is 2.55. The number of ether oxygens (including phenoxy) is 1. The summed E-state index contributed by atoms with van der Waals surface area (Å²) in [6.07, 6.45) is 4.93. The first-order chi connectivity index (χ1) is 6.45. The standard InChI is InChI=1S/C9H15N3O/c1(3-10-9-7-13-8-9)5-12-6-2-4-11-12/h2,4,6,9-10H,1,3,5,7-8H2. The molecule has 0 spiro atoms. The van der Waals surface area contributed by atoms with Crippen LogP contribution in [0.1, 0.15) is 6.42 Å². The quantitative estimate of drug-likeness (QED) is 0.662. The van der Waals surface area contributed by atoms with Crippen molar-refractivity contribution in [2.75, 3.05) is 19.8 Å². The van der Waals surface area contributed by atoms with Gasteiger partial charge in [0.05, 0.1) is 19.3 Å². The Labute approximate surface area is 77.9 Å². The Morgan fingerprint density at radius 1 is 1.54 bits per heavy atom. The zero-order valence-corrected chi connectivity index (χ0v) is 7.65. The first-order valence-electron chi connectivity index (χ1n) is 4.74. The molecule has 0 aromatic carbocycles. The minimum Gasteiger partial charge on any atom is -0.378 e. The van der Waals surface area contributed by atoms with Crippen molar-refractivity contribution in [1.82, 2.24) is 15.1 Å². The average Bonchev–Trinajstić information content (AvgIpc) is 2.53. The predicted octanol–water partition coefficient (Wildman–Crippen LogP) is 0.262. The topological polar surface area (TPSA) is 39.1 Å². The van der Waals surface area contributed by atoms with Gasteiger partial charge in [0.1, 0.15) is 0 Å². The summed E-state index contributed by atoms with van der Waals surface area (Å²) >= 11 is 0. The van der Waals surface area contributed by atoms with E-state index in [1.807, 2.05) is 23.1 Å². The summed E-state index contributed by atoms with van der Waals surface area (Å²) in [7, 11) is 0. The second kappa shape index (κ2) is 4.39. The molecule has 72 valence electrons. The van der Waals surface area contributed by atoms with Crippen molar-refractivity contribution in [2.45, 2.75) is 19.0 Å². The Morgan fingerprint density at radius 3 is 3.08 bits per heavy atom. The third-order valence-electron chi connectivity index (χ3n) is 2.19. The monoisotopic (exact) mass is 181 g/mol. The van der Waals surface area contributed by atoms with Crippen LogP contribution in [0.4, 0.5) is 0 Å². The van der Waals surface area contributed by atoms with E-state index in [-0.39, 0.29) is 0 Å². The lowest BCUT2D eigenvalue weighted by Crippen LogP contribution is -2.46. The second-order valence-corrected chi connectivity index (χ2v) is 3.31. The highest BCUT2D eigenvalue weighted by Crippen LogP contribution is 1.99. The van der Waals surface area contributed by atoms with Crippen LogP contribution in [0.3, 0.4) is 0 Å². The molecule has 0 aliphatic carbocycles. The summed E-state index contributed by atoms with van der Waals surface area (Å²) in [4.78, 5) is 0. The highest BCUT2D eigenvalue weighted by Gasteiger charge is 2.16. The molecule has 0 bridgehead atoms. The van der Waals surface area contributed by atoms with Crippen LogP contribution in [-0.2, 0) is 11.3 Å². The van der Waals surface area contributed by atoms with Crippen molar-refractivity contribution in [3.63, 3.8) is 0 Å². The molecule has 1 aromatic heterocycles. The van der Waals surface area contributed by atoms with E-state index in [0.29, 0.717) is 6.04 Å². The molecule has 0 radical (unpaired) electrons. The van der Waals surface area contributed by atoms with E-state index < -0.39 is 0 Å². The van der Waals surface area contributed by atoms with Crippen molar-refractivity contribution in [2.24, 2.45) is 0 Å². The SMILES string of the molecule is c1cnn(CCCNC2COC2)c1. The van der Waals surface area contributed by atoms with Crippen LogP contribution in [0.5, 0.6) is 0 Å². The molecule has 13 heavy (non-hydrogen) atoms. The third-order valence-corrected chi connectivity index (χ3v) is 2.19. The van der Waals surface area contributed by atoms with E-state index in [9.17, 15) is 0 Å². The average molecular weight is 181 g/mol. The second-order valence-electron chi connectivity index (χ2n) is 3.31. The molecular weight excluding hydrogens is 166 g/mol. The van der Waals surface area contributed by atoms with Crippen LogP contribution in [0, 0.1) is 0 Å². The minimum absolute atomic E-state index is 0.595. The van der Waals surface area contributed by atoms with Crippen LogP contribution in [-0.4, -0.2) is 35.6 Å². The molecule has 4 heteroatoms. The number of aryl methyl sites for hydroxylation is 1. The van der Waals surface area contributed by atoms with Gasteiger partial charge >= 0.3 is 0 Å². The molecule has 0 amide bonds. The normalized spacial score (nSPS) is 17.2. The van der Waals surface area contributed by atoms with Gasteiger partial charge in [-0.1, -0.05) is 0 Å². The maximum absolute atomic E-state index is 5.06. The van der Waals surface area contributed by atoms with E-state index in [2.05, 4.69) is 10.4 Å². The zero-order chi connectivity index (χ0) is 8.93. The predicted molar refractivity (Wildman–Crippen MR) is 49.5 cm³/mol. The highest BCUT2D eigenvalue weighted by molar-refractivity contribution is 4.78. The van der Waals surface area contributed by atoms with Gasteiger partial charge in [0.2, 0.25) is 0 Å². The third kappa shape index (κ3) is 2.54. The molecule has 1 saturated heterocycles. The smallest absolute Gasteiger partial charge is 0.0643 e. The molecule has 2 rings (SSSR count). The molecule has 4 nitrogen and oxygen atoms in total. The van der Waals surface area contributed by atoms with E-state index in [1.54, 1.807) is 0 Å². The van der Waals surface area contributed by atoms with Crippen molar-refractivity contribution in [1.29, 1.82) is 0 Å². The number of rotatable bonds is 5. The lowest BCUT2D eigenvalue weighted by Gasteiger charge is -2.26. The van der Waals surface area contributed by atoms with Crippen molar-refractivity contribution < 1.29 is 4.74 Å². The Hall–Kier alpha value is -0.870. The lowest BCUT2D eigenvalue weighted by molar-refractivity contribution is -0.00503. The van der Waals surface area contributed by atoms with E-state index in [4.69, 9.17) is 4.74 Å². The molecule has 1 N–H and O–H groups in total. The van der Waals surface area contributed by atoms with Crippen LogP contribution in [0.25, 0.3) is 0 Å². The summed E-state index contributed by atoms with van der Waals surface area (Å²) < 4.78 is 7.02. The molecule has 1 fully saturated rings. The summed E-state index contributed by atoms with van der Waals surface area (Å²) in [5.74, 6) is 0. The van der Waals surface area contributed by atoms with Gasteiger partial charge in [-0.25, -0.2) is 0 Å². The van der Waals surface area contributed by atoms with E-state index in [1.165, 1.54) is 0 Å². The molecule has 0 unspecified atom stereocenters. The van der Waals surface area contributed by atoms with Crippen molar-refractivity contribution in [3.8, 4) is 0 Å². The van der Waals surface area contributed by atoms with Gasteiger partial charge in [-0.05, 0) is 19.0 Å². The summed E-state index contributed by atoms with van der Waals surface area (Å²) in [5.41, 5.74) is 0. The Bertz CT molecular complexity index is 231. The van der Waals surface area contributed by atoms with Gasteiger partial charge in [0, 0.05) is 18.9 Å². The van der Waals surface area contributed by atoms with Gasteiger partial charge in [-0.2, -0.15) is 5.10 Å². The fourth-order valence-corrected chi connectivity index (χ4v) is 1.33.